The number of rotatable bonds is 14. The number of carbonyl (C=O) groups is 1. The van der Waals surface area contributed by atoms with Crippen LogP contribution in [0.3, 0.4) is 0 Å². The van der Waals surface area contributed by atoms with E-state index in [0.717, 1.165) is 49.4 Å². The monoisotopic (exact) mass is 559 g/mol. The molecule has 1 aromatic carbocycles. The lowest BCUT2D eigenvalue weighted by Gasteiger charge is -2.31. The second-order valence-electron chi connectivity index (χ2n) is 9.01. The predicted octanol–water partition coefficient (Wildman–Crippen LogP) is 2.93. The molecule has 1 aromatic heterocycles. The normalized spacial score (nSPS) is 15.4. The van der Waals surface area contributed by atoms with Crippen molar-refractivity contribution >= 4 is 38.1 Å². The molecule has 206 valence electrons. The summed E-state index contributed by atoms with van der Waals surface area (Å²) in [6.45, 7) is 5.31. The molecular weight excluding hydrogens is 524 g/mol. The van der Waals surface area contributed by atoms with E-state index in [0.29, 0.717) is 44.0 Å². The minimum Gasteiger partial charge on any atom is -0.396 e. The van der Waals surface area contributed by atoms with Gasteiger partial charge in [-0.3, -0.25) is 4.79 Å². The topological polar surface area (TPSA) is 129 Å². The van der Waals surface area contributed by atoms with Crippen LogP contribution in [-0.2, 0) is 10.0 Å². The molecule has 9 nitrogen and oxygen atoms in total. The number of piperidine rings is 1. The molecule has 1 saturated heterocycles. The molecule has 13 heteroatoms. The van der Waals surface area contributed by atoms with Crippen molar-refractivity contribution in [3.8, 4) is 0 Å². The molecule has 0 bridgehead atoms. The smallest absolute Gasteiger partial charge is 0.214 e. The molecule has 0 radical (unpaired) electrons. The Bertz CT molecular complexity index is 1130. The van der Waals surface area contributed by atoms with Gasteiger partial charge in [-0.1, -0.05) is 24.3 Å². The van der Waals surface area contributed by atoms with Gasteiger partial charge in [0.05, 0.1) is 11.3 Å². The SMILES string of the molecule is CCN(CCCCO)CCCS(=O)(=O)N1CCC(Nc2nc(N)c(C(=O)c3c(F)cccc3F)s2)CC1. The fourth-order valence-corrected chi connectivity index (χ4v) is 6.74. The molecule has 2 heterocycles. The average molecular weight is 560 g/mol. The molecule has 37 heavy (non-hydrogen) atoms. The van der Waals surface area contributed by atoms with Gasteiger partial charge in [-0.2, -0.15) is 0 Å². The van der Waals surface area contributed by atoms with E-state index in [1.165, 1.54) is 10.4 Å². The first-order valence-corrected chi connectivity index (χ1v) is 14.9. The molecule has 0 amide bonds. The number of nitrogens with one attached hydrogen (secondary N) is 1. The molecule has 1 aliphatic rings. The van der Waals surface area contributed by atoms with Gasteiger partial charge in [0.2, 0.25) is 15.8 Å². The maximum Gasteiger partial charge on any atom is 0.214 e. The number of nitrogens with zero attached hydrogens (tertiary/aromatic N) is 3. The lowest BCUT2D eigenvalue weighted by Crippen LogP contribution is -2.43. The maximum absolute atomic E-state index is 14.0. The number of thiazole rings is 1. The van der Waals surface area contributed by atoms with Crippen LogP contribution in [0.5, 0.6) is 0 Å². The minimum atomic E-state index is -3.37. The van der Waals surface area contributed by atoms with Crippen LogP contribution in [0.2, 0.25) is 0 Å². The Morgan fingerprint density at radius 1 is 1.22 bits per heavy atom. The summed E-state index contributed by atoms with van der Waals surface area (Å²) in [4.78, 5) is 19.0. The van der Waals surface area contributed by atoms with Gasteiger partial charge in [0.15, 0.2) is 5.13 Å². The van der Waals surface area contributed by atoms with Gasteiger partial charge in [-0.05, 0) is 63.9 Å². The summed E-state index contributed by atoms with van der Waals surface area (Å²) in [5, 5.41) is 12.5. The first-order valence-electron chi connectivity index (χ1n) is 12.5. The highest BCUT2D eigenvalue weighted by atomic mass is 32.2. The Hall–Kier alpha value is -2.19. The van der Waals surface area contributed by atoms with Crippen molar-refractivity contribution in [1.82, 2.24) is 14.2 Å². The number of nitrogen functional groups attached to an aromatic ring is 1. The molecular formula is C24H35F2N5O4S2. The van der Waals surface area contributed by atoms with E-state index >= 15 is 0 Å². The van der Waals surface area contributed by atoms with Crippen LogP contribution < -0.4 is 11.1 Å². The largest absolute Gasteiger partial charge is 0.396 e. The fourth-order valence-electron chi connectivity index (χ4n) is 4.31. The van der Waals surface area contributed by atoms with Gasteiger partial charge < -0.3 is 21.1 Å². The summed E-state index contributed by atoms with van der Waals surface area (Å²) in [6, 6.07) is 3.12. The van der Waals surface area contributed by atoms with E-state index in [1.54, 1.807) is 0 Å². The van der Waals surface area contributed by atoms with Crippen molar-refractivity contribution in [3.05, 3.63) is 40.3 Å². The zero-order valence-corrected chi connectivity index (χ0v) is 22.6. The molecule has 0 aliphatic carbocycles. The van der Waals surface area contributed by atoms with Crippen LogP contribution >= 0.6 is 11.3 Å². The van der Waals surface area contributed by atoms with Crippen molar-refractivity contribution < 1.29 is 27.1 Å². The summed E-state index contributed by atoms with van der Waals surface area (Å²) in [6.07, 6.45) is 3.27. The lowest BCUT2D eigenvalue weighted by atomic mass is 10.1. The quantitative estimate of drug-likeness (QED) is 0.238. The van der Waals surface area contributed by atoms with Crippen molar-refractivity contribution in [2.75, 3.05) is 56.1 Å². The zero-order chi connectivity index (χ0) is 27.0. The van der Waals surface area contributed by atoms with E-state index in [4.69, 9.17) is 10.8 Å². The van der Waals surface area contributed by atoms with E-state index in [9.17, 15) is 22.0 Å². The van der Waals surface area contributed by atoms with Gasteiger partial charge in [0.25, 0.3) is 0 Å². The van der Waals surface area contributed by atoms with Crippen molar-refractivity contribution in [1.29, 1.82) is 0 Å². The first-order chi connectivity index (χ1) is 17.7. The highest BCUT2D eigenvalue weighted by molar-refractivity contribution is 7.89. The molecule has 0 atom stereocenters. The minimum absolute atomic E-state index is 0.0519. The van der Waals surface area contributed by atoms with E-state index in [1.807, 2.05) is 6.92 Å². The second-order valence-corrected chi connectivity index (χ2v) is 12.1. The molecule has 1 fully saturated rings. The number of halogens is 2. The molecule has 1 aliphatic heterocycles. The Balaban J connectivity index is 1.50. The third-order valence-electron chi connectivity index (χ3n) is 6.43. The third-order valence-corrected chi connectivity index (χ3v) is 9.39. The zero-order valence-electron chi connectivity index (χ0n) is 21.0. The van der Waals surface area contributed by atoms with Crippen LogP contribution in [0.4, 0.5) is 19.7 Å². The average Bonchev–Trinajstić information content (AvgIpc) is 3.23. The number of hydrogen-bond acceptors (Lipinski definition) is 9. The second kappa shape index (κ2) is 13.6. The van der Waals surface area contributed by atoms with Crippen LogP contribution in [0, 0.1) is 11.6 Å². The Kier molecular flexibility index (Phi) is 10.8. The summed E-state index contributed by atoms with van der Waals surface area (Å²) >= 11 is 0.922. The van der Waals surface area contributed by atoms with Crippen molar-refractivity contribution in [2.45, 2.75) is 45.1 Å². The highest BCUT2D eigenvalue weighted by Crippen LogP contribution is 2.30. The fraction of sp³-hybridized carbons (Fsp3) is 0.583. The van der Waals surface area contributed by atoms with Crippen molar-refractivity contribution in [2.24, 2.45) is 0 Å². The number of aromatic nitrogens is 1. The van der Waals surface area contributed by atoms with Crippen LogP contribution in [-0.4, -0.2) is 84.6 Å². The summed E-state index contributed by atoms with van der Waals surface area (Å²) in [5.41, 5.74) is 5.20. The highest BCUT2D eigenvalue weighted by Gasteiger charge is 2.29. The lowest BCUT2D eigenvalue weighted by molar-refractivity contribution is 0.103. The number of unbranched alkanes of at least 4 members (excludes halogenated alkanes) is 1. The number of carbonyl (C=O) groups excluding carboxylic acids is 1. The maximum atomic E-state index is 14.0. The summed E-state index contributed by atoms with van der Waals surface area (Å²) in [7, 11) is -3.37. The van der Waals surface area contributed by atoms with Gasteiger partial charge in [-0.15, -0.1) is 0 Å². The summed E-state index contributed by atoms with van der Waals surface area (Å²) in [5.74, 6) is -2.83. The van der Waals surface area contributed by atoms with Gasteiger partial charge in [0.1, 0.15) is 22.3 Å². The molecule has 0 unspecified atom stereocenters. The summed E-state index contributed by atoms with van der Waals surface area (Å²) < 4.78 is 55.2. The first kappa shape index (κ1) is 29.4. The van der Waals surface area contributed by atoms with Gasteiger partial charge >= 0.3 is 0 Å². The number of aliphatic hydroxyl groups excluding tert-OH is 1. The number of ketones is 1. The van der Waals surface area contributed by atoms with Crippen LogP contribution in [0.25, 0.3) is 0 Å². The number of nitrogens with two attached hydrogens (primary N) is 1. The molecule has 4 N–H and O–H groups in total. The standard InChI is InChI=1S/C24H35F2N5O4S2/c1-2-30(11-3-4-15-32)12-6-16-37(34,35)31-13-9-17(10-14-31)28-24-29-23(27)22(36-24)21(33)20-18(25)7-5-8-19(20)26/h5,7-8,17,32H,2-4,6,9-16,27H2,1H3,(H,28,29). The van der Waals surface area contributed by atoms with E-state index in [2.05, 4.69) is 15.2 Å². The van der Waals surface area contributed by atoms with E-state index < -0.39 is 33.0 Å². The number of sulfonamides is 1. The van der Waals surface area contributed by atoms with Gasteiger partial charge in [0, 0.05) is 25.7 Å². The Morgan fingerprint density at radius 3 is 2.49 bits per heavy atom. The number of benzene rings is 1. The Morgan fingerprint density at radius 2 is 1.86 bits per heavy atom. The Labute approximate surface area is 220 Å². The van der Waals surface area contributed by atoms with Crippen LogP contribution in [0.15, 0.2) is 18.2 Å². The number of anilines is 2. The predicted molar refractivity (Wildman–Crippen MR) is 141 cm³/mol. The number of aliphatic hydroxyl groups is 1. The molecule has 0 spiro atoms. The van der Waals surface area contributed by atoms with Gasteiger partial charge in [-0.25, -0.2) is 26.5 Å². The molecule has 0 saturated carbocycles. The van der Waals surface area contributed by atoms with E-state index in [-0.39, 0.29) is 29.1 Å². The molecule has 3 rings (SSSR count). The van der Waals surface area contributed by atoms with Crippen LogP contribution in [0.1, 0.15) is 54.3 Å². The van der Waals surface area contributed by atoms with Crippen molar-refractivity contribution in [3.63, 3.8) is 0 Å². The molecule has 2 aromatic rings. The third kappa shape index (κ3) is 7.90. The number of hydrogen-bond donors (Lipinski definition) is 3.